The van der Waals surface area contributed by atoms with Crippen LogP contribution in [0.3, 0.4) is 0 Å². The first-order valence-corrected chi connectivity index (χ1v) is 7.29. The first kappa shape index (κ1) is 16.5. The zero-order valence-electron chi connectivity index (χ0n) is 13.1. The Balaban J connectivity index is 0.000000956. The Morgan fingerprint density at radius 1 is 1.10 bits per heavy atom. The third-order valence-corrected chi connectivity index (χ3v) is 3.30. The number of anilines is 1. The van der Waals surface area contributed by atoms with Gasteiger partial charge < -0.3 is 14.5 Å². The van der Waals surface area contributed by atoms with Gasteiger partial charge in [-0.1, -0.05) is 31.5 Å². The van der Waals surface area contributed by atoms with Crippen molar-refractivity contribution in [3.05, 3.63) is 29.8 Å². The van der Waals surface area contributed by atoms with Gasteiger partial charge in [0.15, 0.2) is 0 Å². The molecular weight excluding hydrogens is 252 g/mol. The number of hydrogen-bond acceptors (Lipinski definition) is 3. The molecule has 0 spiro atoms. The first-order valence-electron chi connectivity index (χ1n) is 7.29. The van der Waals surface area contributed by atoms with E-state index in [-0.39, 0.29) is 12.5 Å². The van der Waals surface area contributed by atoms with E-state index in [0.29, 0.717) is 0 Å². The highest BCUT2D eigenvalue weighted by Gasteiger charge is 2.20. The minimum absolute atomic E-state index is 0.0843. The molecule has 0 bridgehead atoms. The van der Waals surface area contributed by atoms with Crippen molar-refractivity contribution < 1.29 is 9.53 Å². The molecule has 0 radical (unpaired) electrons. The summed E-state index contributed by atoms with van der Waals surface area (Å²) >= 11 is 0. The maximum absolute atomic E-state index is 11.7. The van der Waals surface area contributed by atoms with E-state index in [2.05, 4.69) is 36.1 Å². The fourth-order valence-corrected chi connectivity index (χ4v) is 2.18. The van der Waals surface area contributed by atoms with Crippen molar-refractivity contribution in [1.29, 1.82) is 0 Å². The highest BCUT2D eigenvalue weighted by atomic mass is 16.5. The maximum Gasteiger partial charge on any atom is 0.248 e. The molecule has 1 fully saturated rings. The van der Waals surface area contributed by atoms with Crippen molar-refractivity contribution in [2.75, 3.05) is 44.8 Å². The zero-order valence-corrected chi connectivity index (χ0v) is 13.1. The number of methoxy groups -OCH3 is 1. The van der Waals surface area contributed by atoms with Crippen LogP contribution >= 0.6 is 0 Å². The zero-order chi connectivity index (χ0) is 15.0. The maximum atomic E-state index is 11.7. The van der Waals surface area contributed by atoms with E-state index in [4.69, 9.17) is 4.74 Å². The number of ether oxygens (including phenoxy) is 1. The third-order valence-electron chi connectivity index (χ3n) is 3.30. The molecule has 1 saturated heterocycles. The molecule has 20 heavy (non-hydrogen) atoms. The lowest BCUT2D eigenvalue weighted by atomic mass is 10.2. The Morgan fingerprint density at radius 3 is 2.15 bits per heavy atom. The van der Waals surface area contributed by atoms with Crippen LogP contribution in [0, 0.1) is 6.92 Å². The molecular formula is C16H26N2O2. The minimum Gasteiger partial charge on any atom is -0.375 e. The van der Waals surface area contributed by atoms with Crippen molar-refractivity contribution in [1.82, 2.24) is 4.90 Å². The number of hydrogen-bond donors (Lipinski definition) is 0. The van der Waals surface area contributed by atoms with Crippen LogP contribution in [0.25, 0.3) is 0 Å². The summed E-state index contributed by atoms with van der Waals surface area (Å²) in [4.78, 5) is 15.9. The van der Waals surface area contributed by atoms with Gasteiger partial charge in [0.05, 0.1) is 0 Å². The van der Waals surface area contributed by atoms with Crippen molar-refractivity contribution in [2.24, 2.45) is 0 Å². The minimum atomic E-state index is 0.0843. The number of amides is 1. The molecule has 1 amide bonds. The van der Waals surface area contributed by atoms with Gasteiger partial charge in [0.2, 0.25) is 5.91 Å². The van der Waals surface area contributed by atoms with Crippen LogP contribution < -0.4 is 4.90 Å². The predicted molar refractivity (Wildman–Crippen MR) is 83.2 cm³/mol. The van der Waals surface area contributed by atoms with E-state index in [9.17, 15) is 4.79 Å². The summed E-state index contributed by atoms with van der Waals surface area (Å²) in [7, 11) is 1.56. The van der Waals surface area contributed by atoms with E-state index in [1.807, 2.05) is 18.7 Å². The van der Waals surface area contributed by atoms with Crippen LogP contribution in [0.1, 0.15) is 19.4 Å². The van der Waals surface area contributed by atoms with Gasteiger partial charge in [0, 0.05) is 39.0 Å². The SMILES string of the molecule is CC.COCC(=O)N1CCN(c2ccc(C)cc2)CC1. The summed E-state index contributed by atoms with van der Waals surface area (Å²) < 4.78 is 4.88. The van der Waals surface area contributed by atoms with Gasteiger partial charge in [-0.25, -0.2) is 0 Å². The van der Waals surface area contributed by atoms with E-state index in [1.165, 1.54) is 11.3 Å². The van der Waals surface area contributed by atoms with Crippen molar-refractivity contribution in [3.63, 3.8) is 0 Å². The smallest absolute Gasteiger partial charge is 0.248 e. The molecule has 112 valence electrons. The molecule has 1 aliphatic rings. The summed E-state index contributed by atoms with van der Waals surface area (Å²) in [6.07, 6.45) is 0. The van der Waals surface area contributed by atoms with Gasteiger partial charge in [0.25, 0.3) is 0 Å². The molecule has 0 aromatic heterocycles. The monoisotopic (exact) mass is 278 g/mol. The molecule has 0 aliphatic carbocycles. The highest BCUT2D eigenvalue weighted by molar-refractivity contribution is 5.77. The van der Waals surface area contributed by atoms with E-state index in [1.54, 1.807) is 7.11 Å². The molecule has 0 saturated carbocycles. The number of nitrogens with zero attached hydrogens (tertiary/aromatic N) is 2. The second-order valence-corrected chi connectivity index (χ2v) is 4.64. The van der Waals surface area contributed by atoms with Gasteiger partial charge >= 0.3 is 0 Å². The molecule has 1 heterocycles. The van der Waals surface area contributed by atoms with E-state index < -0.39 is 0 Å². The fourth-order valence-electron chi connectivity index (χ4n) is 2.18. The molecule has 0 N–H and O–H groups in total. The van der Waals surface area contributed by atoms with E-state index in [0.717, 1.165) is 26.2 Å². The number of aryl methyl sites for hydroxylation is 1. The van der Waals surface area contributed by atoms with Crippen LogP contribution in [-0.4, -0.2) is 50.7 Å². The normalized spacial score (nSPS) is 14.6. The Hall–Kier alpha value is -1.55. The van der Waals surface area contributed by atoms with Crippen LogP contribution in [-0.2, 0) is 9.53 Å². The predicted octanol–water partition coefficient (Wildman–Crippen LogP) is 2.32. The van der Waals surface area contributed by atoms with Crippen molar-refractivity contribution in [3.8, 4) is 0 Å². The summed E-state index contributed by atoms with van der Waals surface area (Å²) in [5.74, 6) is 0.0843. The van der Waals surface area contributed by atoms with Crippen LogP contribution in [0.2, 0.25) is 0 Å². The number of carbonyl (C=O) groups excluding carboxylic acids is 1. The Kier molecular flexibility index (Phi) is 7.09. The quantitative estimate of drug-likeness (QED) is 0.850. The van der Waals surface area contributed by atoms with E-state index >= 15 is 0 Å². The lowest BCUT2D eigenvalue weighted by Gasteiger charge is -2.36. The molecule has 1 aromatic carbocycles. The highest BCUT2D eigenvalue weighted by Crippen LogP contribution is 2.17. The van der Waals surface area contributed by atoms with Crippen molar-refractivity contribution >= 4 is 11.6 Å². The molecule has 2 rings (SSSR count). The average Bonchev–Trinajstić information content (AvgIpc) is 2.50. The molecule has 0 unspecified atom stereocenters. The Morgan fingerprint density at radius 2 is 1.65 bits per heavy atom. The van der Waals surface area contributed by atoms with Crippen LogP contribution in [0.15, 0.2) is 24.3 Å². The van der Waals surface area contributed by atoms with Crippen molar-refractivity contribution in [2.45, 2.75) is 20.8 Å². The Bertz CT molecular complexity index is 395. The number of carbonyl (C=O) groups is 1. The molecule has 0 atom stereocenters. The number of benzene rings is 1. The lowest BCUT2D eigenvalue weighted by molar-refractivity contribution is -0.135. The number of piperazine rings is 1. The first-order chi connectivity index (χ1) is 9.70. The summed E-state index contributed by atoms with van der Waals surface area (Å²) in [5, 5.41) is 0. The standard InChI is InChI=1S/C14H20N2O2.C2H6/c1-12-3-5-13(6-4-12)15-7-9-16(10-8-15)14(17)11-18-2;1-2/h3-6H,7-11H2,1-2H3;1-2H3. The number of rotatable bonds is 3. The molecule has 1 aliphatic heterocycles. The lowest BCUT2D eigenvalue weighted by Crippen LogP contribution is -2.49. The molecule has 4 nitrogen and oxygen atoms in total. The van der Waals surface area contributed by atoms with Crippen LogP contribution in [0.5, 0.6) is 0 Å². The fraction of sp³-hybridized carbons (Fsp3) is 0.562. The second kappa shape index (κ2) is 8.59. The van der Waals surface area contributed by atoms with Gasteiger partial charge in [-0.05, 0) is 19.1 Å². The molecule has 1 aromatic rings. The molecule has 4 heteroatoms. The van der Waals surface area contributed by atoms with Gasteiger partial charge in [0.1, 0.15) is 6.61 Å². The third kappa shape index (κ3) is 4.53. The summed E-state index contributed by atoms with van der Waals surface area (Å²) in [6, 6.07) is 8.53. The largest absolute Gasteiger partial charge is 0.375 e. The topological polar surface area (TPSA) is 32.8 Å². The van der Waals surface area contributed by atoms with Gasteiger partial charge in [-0.2, -0.15) is 0 Å². The average molecular weight is 278 g/mol. The van der Waals surface area contributed by atoms with Gasteiger partial charge in [-0.15, -0.1) is 0 Å². The van der Waals surface area contributed by atoms with Crippen LogP contribution in [0.4, 0.5) is 5.69 Å². The van der Waals surface area contributed by atoms with Gasteiger partial charge in [-0.3, -0.25) is 4.79 Å². The summed E-state index contributed by atoms with van der Waals surface area (Å²) in [5.41, 5.74) is 2.51. The Labute approximate surface area is 122 Å². The second-order valence-electron chi connectivity index (χ2n) is 4.64. The summed E-state index contributed by atoms with van der Waals surface area (Å²) in [6.45, 7) is 9.60.